The summed E-state index contributed by atoms with van der Waals surface area (Å²) < 4.78 is 5.44. The Morgan fingerprint density at radius 3 is 2.73 bits per heavy atom. The van der Waals surface area contributed by atoms with Gasteiger partial charge in [-0.2, -0.15) is 0 Å². The van der Waals surface area contributed by atoms with Gasteiger partial charge < -0.3 is 19.8 Å². The zero-order valence-electron chi connectivity index (χ0n) is 13.4. The summed E-state index contributed by atoms with van der Waals surface area (Å²) in [4.78, 5) is 4.56. The van der Waals surface area contributed by atoms with Crippen LogP contribution in [0.3, 0.4) is 0 Å². The molecular formula is C16H25ClN2O3. The van der Waals surface area contributed by atoms with Crippen molar-refractivity contribution in [3.8, 4) is 11.5 Å². The first-order chi connectivity index (χ1) is 10.5. The van der Waals surface area contributed by atoms with Gasteiger partial charge in [-0.15, -0.1) is 0 Å². The van der Waals surface area contributed by atoms with Crippen molar-refractivity contribution < 1.29 is 14.9 Å². The van der Waals surface area contributed by atoms with Crippen LogP contribution < -0.4 is 4.74 Å². The van der Waals surface area contributed by atoms with E-state index in [1.165, 1.54) is 0 Å². The van der Waals surface area contributed by atoms with E-state index in [2.05, 4.69) is 23.8 Å². The van der Waals surface area contributed by atoms with Crippen LogP contribution >= 0.6 is 11.6 Å². The molecule has 1 aromatic carbocycles. The Morgan fingerprint density at radius 1 is 1.41 bits per heavy atom. The summed E-state index contributed by atoms with van der Waals surface area (Å²) in [6, 6.07) is 3.77. The van der Waals surface area contributed by atoms with Crippen LogP contribution in [-0.4, -0.2) is 66.0 Å². The van der Waals surface area contributed by atoms with E-state index in [-0.39, 0.29) is 23.4 Å². The molecule has 2 unspecified atom stereocenters. The summed E-state index contributed by atoms with van der Waals surface area (Å²) >= 11 is 6.11. The van der Waals surface area contributed by atoms with E-state index in [1.54, 1.807) is 12.1 Å². The third-order valence-electron chi connectivity index (χ3n) is 4.34. The first kappa shape index (κ1) is 17.3. The number of halogens is 1. The van der Waals surface area contributed by atoms with Crippen LogP contribution in [0.15, 0.2) is 12.1 Å². The predicted molar refractivity (Wildman–Crippen MR) is 87.8 cm³/mol. The molecule has 1 heterocycles. The minimum Gasteiger partial charge on any atom is -0.503 e. The van der Waals surface area contributed by atoms with Crippen LogP contribution in [0.1, 0.15) is 25.5 Å². The Morgan fingerprint density at radius 2 is 2.14 bits per heavy atom. The average molecular weight is 329 g/mol. The van der Waals surface area contributed by atoms with Gasteiger partial charge in [0.1, 0.15) is 0 Å². The predicted octanol–water partition coefficient (Wildman–Crippen LogP) is 2.11. The molecule has 0 aromatic heterocycles. The van der Waals surface area contributed by atoms with Gasteiger partial charge in [0.15, 0.2) is 11.5 Å². The molecule has 0 spiro atoms. The summed E-state index contributed by atoms with van der Waals surface area (Å²) in [7, 11) is 2.11. The van der Waals surface area contributed by atoms with Crippen molar-refractivity contribution in [2.45, 2.75) is 25.9 Å². The van der Waals surface area contributed by atoms with E-state index in [4.69, 9.17) is 16.3 Å². The van der Waals surface area contributed by atoms with Crippen molar-refractivity contribution >= 4 is 11.6 Å². The first-order valence-corrected chi connectivity index (χ1v) is 8.06. The topological polar surface area (TPSA) is 56.2 Å². The Bertz CT molecular complexity index is 512. The first-order valence-electron chi connectivity index (χ1n) is 7.68. The van der Waals surface area contributed by atoms with Crippen LogP contribution in [0.4, 0.5) is 0 Å². The van der Waals surface area contributed by atoms with Gasteiger partial charge in [0.25, 0.3) is 0 Å². The lowest BCUT2D eigenvalue weighted by Crippen LogP contribution is -2.51. The number of ether oxygens (including phenoxy) is 1. The molecule has 0 radical (unpaired) electrons. The number of rotatable bonds is 5. The Balaban J connectivity index is 2.27. The molecule has 1 aliphatic rings. The third kappa shape index (κ3) is 3.66. The lowest BCUT2D eigenvalue weighted by molar-refractivity contribution is 0.0463. The molecular weight excluding hydrogens is 304 g/mol. The second-order valence-electron chi connectivity index (χ2n) is 5.81. The van der Waals surface area contributed by atoms with Crippen LogP contribution in [0.25, 0.3) is 0 Å². The number of hydrogen-bond donors (Lipinski definition) is 2. The van der Waals surface area contributed by atoms with Crippen molar-refractivity contribution in [2.75, 3.05) is 39.9 Å². The fourth-order valence-electron chi connectivity index (χ4n) is 2.84. The van der Waals surface area contributed by atoms with Crippen LogP contribution in [0.2, 0.25) is 5.02 Å². The lowest BCUT2D eigenvalue weighted by Gasteiger charge is -2.41. The third-order valence-corrected chi connectivity index (χ3v) is 4.63. The molecule has 1 saturated heterocycles. The minimum absolute atomic E-state index is 0.00308. The van der Waals surface area contributed by atoms with E-state index in [1.807, 2.05) is 6.92 Å². The number of aromatic hydroxyl groups is 1. The molecule has 1 aromatic rings. The smallest absolute Gasteiger partial charge is 0.176 e. The summed E-state index contributed by atoms with van der Waals surface area (Å²) in [6.45, 7) is 7.20. The summed E-state index contributed by atoms with van der Waals surface area (Å²) in [6.07, 6.45) is 0. The highest BCUT2D eigenvalue weighted by molar-refractivity contribution is 6.32. The van der Waals surface area contributed by atoms with Gasteiger partial charge in [0.05, 0.1) is 24.3 Å². The number of phenols is 1. The van der Waals surface area contributed by atoms with E-state index in [0.717, 1.165) is 25.2 Å². The number of likely N-dealkylation sites (N-methyl/N-ethyl adjacent to an activating group) is 1. The van der Waals surface area contributed by atoms with Gasteiger partial charge in [-0.1, -0.05) is 11.6 Å². The largest absolute Gasteiger partial charge is 0.503 e. The second-order valence-corrected chi connectivity index (χ2v) is 6.21. The van der Waals surface area contributed by atoms with E-state index in [9.17, 15) is 10.2 Å². The number of nitrogens with zero attached hydrogens (tertiary/aromatic N) is 2. The maximum atomic E-state index is 9.95. The number of aliphatic hydroxyl groups is 1. The van der Waals surface area contributed by atoms with Crippen molar-refractivity contribution in [2.24, 2.45) is 0 Å². The number of aliphatic hydroxyl groups excluding tert-OH is 1. The van der Waals surface area contributed by atoms with Crippen molar-refractivity contribution in [3.05, 3.63) is 22.7 Å². The molecule has 2 atom stereocenters. The Labute approximate surface area is 137 Å². The average Bonchev–Trinajstić information content (AvgIpc) is 2.49. The second kappa shape index (κ2) is 7.51. The molecule has 0 aliphatic carbocycles. The molecule has 0 bridgehead atoms. The highest BCUT2D eigenvalue weighted by Gasteiger charge is 2.28. The van der Waals surface area contributed by atoms with Crippen LogP contribution in [0, 0.1) is 0 Å². The summed E-state index contributed by atoms with van der Waals surface area (Å²) in [5, 5.41) is 20.1. The van der Waals surface area contributed by atoms with Crippen LogP contribution in [0.5, 0.6) is 11.5 Å². The highest BCUT2D eigenvalue weighted by atomic mass is 35.5. The van der Waals surface area contributed by atoms with Crippen molar-refractivity contribution in [3.63, 3.8) is 0 Å². The molecule has 1 aliphatic heterocycles. The molecule has 5 nitrogen and oxygen atoms in total. The SMILES string of the molecule is CCOc1cc(C(CO)N2CCN(C)C(C)C2)cc(Cl)c1O. The maximum absolute atomic E-state index is 9.95. The molecule has 2 rings (SSSR count). The molecule has 22 heavy (non-hydrogen) atoms. The van der Waals surface area contributed by atoms with Crippen molar-refractivity contribution in [1.29, 1.82) is 0 Å². The molecule has 0 amide bonds. The normalized spacial score (nSPS) is 21.8. The number of benzene rings is 1. The van der Waals surface area contributed by atoms with Gasteiger partial charge in [-0.05, 0) is 38.6 Å². The number of hydrogen-bond acceptors (Lipinski definition) is 5. The highest BCUT2D eigenvalue weighted by Crippen LogP contribution is 2.38. The molecule has 2 N–H and O–H groups in total. The lowest BCUT2D eigenvalue weighted by atomic mass is 10.0. The molecule has 124 valence electrons. The molecule has 1 fully saturated rings. The van der Waals surface area contributed by atoms with Crippen molar-refractivity contribution in [1.82, 2.24) is 9.80 Å². The summed E-state index contributed by atoms with van der Waals surface area (Å²) in [5.74, 6) is 0.321. The fourth-order valence-corrected chi connectivity index (χ4v) is 3.06. The summed E-state index contributed by atoms with van der Waals surface area (Å²) in [5.41, 5.74) is 0.866. The van der Waals surface area contributed by atoms with E-state index in [0.29, 0.717) is 18.4 Å². The molecule has 6 heteroatoms. The Hall–Kier alpha value is -1.01. The quantitative estimate of drug-likeness (QED) is 0.867. The molecule has 0 saturated carbocycles. The monoisotopic (exact) mass is 328 g/mol. The van der Waals surface area contributed by atoms with Gasteiger partial charge in [-0.3, -0.25) is 4.90 Å². The van der Waals surface area contributed by atoms with Crippen LogP contribution in [-0.2, 0) is 0 Å². The standard InChI is InChI=1S/C16H25ClN2O3/c1-4-22-15-8-12(7-13(17)16(15)21)14(10-20)19-6-5-18(3)11(2)9-19/h7-8,11,14,20-21H,4-6,9-10H2,1-3H3. The Kier molecular flexibility index (Phi) is 5.92. The fraction of sp³-hybridized carbons (Fsp3) is 0.625. The van der Waals surface area contributed by atoms with Gasteiger partial charge in [-0.25, -0.2) is 0 Å². The zero-order valence-corrected chi connectivity index (χ0v) is 14.2. The number of phenolic OH excluding ortho intramolecular Hbond substituents is 1. The number of piperazine rings is 1. The van der Waals surface area contributed by atoms with E-state index < -0.39 is 0 Å². The van der Waals surface area contributed by atoms with Gasteiger partial charge >= 0.3 is 0 Å². The van der Waals surface area contributed by atoms with E-state index >= 15 is 0 Å². The minimum atomic E-state index is -0.145. The van der Waals surface area contributed by atoms with Gasteiger partial charge in [0.2, 0.25) is 0 Å². The zero-order chi connectivity index (χ0) is 16.3. The van der Waals surface area contributed by atoms with Gasteiger partial charge in [0, 0.05) is 25.7 Å². The maximum Gasteiger partial charge on any atom is 0.176 e.